The summed E-state index contributed by atoms with van der Waals surface area (Å²) in [6.07, 6.45) is 1.72. The molecule has 0 aromatic heterocycles. The molecular weight excluding hydrogens is 339 g/mol. The third kappa shape index (κ3) is 3.44. The first kappa shape index (κ1) is 15.8. The fraction of sp³-hybridized carbons (Fsp3) is 0.368. The average molecular weight is 361 g/mol. The molecule has 1 N–H and O–H groups in total. The quantitative estimate of drug-likeness (QED) is 0.827. The molecule has 1 saturated heterocycles. The second kappa shape index (κ2) is 7.43. The Bertz CT molecular complexity index is 599. The molecule has 2 aromatic rings. The molecule has 116 valence electrons. The maximum absolute atomic E-state index is 10.2. The molecule has 0 spiro atoms. The molecule has 1 aliphatic rings. The molecule has 1 heterocycles. The Morgan fingerprint density at radius 3 is 2.64 bits per heavy atom. The molecule has 0 bridgehead atoms. The zero-order chi connectivity index (χ0) is 15.4. The predicted molar refractivity (Wildman–Crippen MR) is 90.6 cm³/mol. The van der Waals surface area contributed by atoms with E-state index in [1.807, 2.05) is 19.1 Å². The van der Waals surface area contributed by atoms with Gasteiger partial charge in [-0.3, -0.25) is 0 Å². The van der Waals surface area contributed by atoms with E-state index in [0.717, 1.165) is 25.0 Å². The Balaban J connectivity index is 1.81. The third-order valence-corrected chi connectivity index (χ3v) is 7.07. The summed E-state index contributed by atoms with van der Waals surface area (Å²) in [4.78, 5) is 0.542. The van der Waals surface area contributed by atoms with E-state index in [1.165, 1.54) is 10.0 Å². The van der Waals surface area contributed by atoms with Crippen LogP contribution in [0.4, 0.5) is 0 Å². The van der Waals surface area contributed by atoms with E-state index >= 15 is 0 Å². The normalized spacial score (nSPS) is 22.6. The van der Waals surface area contributed by atoms with Crippen LogP contribution >= 0.6 is 0 Å². The van der Waals surface area contributed by atoms with Gasteiger partial charge in [-0.1, -0.05) is 0 Å². The molecule has 0 radical (unpaired) electrons. The summed E-state index contributed by atoms with van der Waals surface area (Å²) in [6, 6.07) is 18.9. The van der Waals surface area contributed by atoms with Crippen molar-refractivity contribution in [2.24, 2.45) is 0 Å². The topological polar surface area (TPSA) is 29.5 Å². The van der Waals surface area contributed by atoms with Gasteiger partial charge in [0.15, 0.2) is 0 Å². The van der Waals surface area contributed by atoms with E-state index in [0.29, 0.717) is 19.8 Å². The summed E-state index contributed by atoms with van der Waals surface area (Å²) < 4.78 is 7.32. The van der Waals surface area contributed by atoms with Gasteiger partial charge in [0.25, 0.3) is 0 Å². The minimum atomic E-state index is -0.351. The van der Waals surface area contributed by atoms with Gasteiger partial charge >= 0.3 is 138 Å². The Morgan fingerprint density at radius 1 is 1.14 bits per heavy atom. The van der Waals surface area contributed by atoms with Gasteiger partial charge in [-0.2, -0.15) is 0 Å². The third-order valence-electron chi connectivity index (χ3n) is 4.11. The van der Waals surface area contributed by atoms with Crippen LogP contribution < -0.4 is 4.46 Å². The molecule has 1 fully saturated rings. The van der Waals surface area contributed by atoms with Crippen LogP contribution in [-0.2, 0) is 4.74 Å². The summed E-state index contributed by atoms with van der Waals surface area (Å²) in [6.45, 7) is 2.87. The first-order valence-corrected chi connectivity index (χ1v) is 9.74. The molecule has 22 heavy (non-hydrogen) atoms. The number of ether oxygens (including phenoxy) is 1. The van der Waals surface area contributed by atoms with Crippen LogP contribution in [0, 0.1) is 0 Å². The van der Waals surface area contributed by atoms with E-state index in [9.17, 15) is 5.11 Å². The summed E-state index contributed by atoms with van der Waals surface area (Å²) in [5.41, 5.74) is 2.38. The molecule has 3 atom stereocenters. The van der Waals surface area contributed by atoms with E-state index in [4.69, 9.17) is 4.74 Å². The zero-order valence-corrected chi connectivity index (χ0v) is 14.5. The van der Waals surface area contributed by atoms with Crippen molar-refractivity contribution in [2.45, 2.75) is 36.8 Å². The van der Waals surface area contributed by atoms with Gasteiger partial charge < -0.3 is 0 Å². The van der Waals surface area contributed by atoms with Crippen LogP contribution in [0.2, 0.25) is 4.82 Å². The van der Waals surface area contributed by atoms with Gasteiger partial charge in [-0.05, 0) is 0 Å². The van der Waals surface area contributed by atoms with Crippen molar-refractivity contribution in [2.75, 3.05) is 6.61 Å². The number of hydrogen-bond acceptors (Lipinski definition) is 2. The molecule has 2 nitrogen and oxygen atoms in total. The van der Waals surface area contributed by atoms with E-state index in [-0.39, 0.29) is 12.2 Å². The number of hydrogen-bond donors (Lipinski definition) is 1. The molecule has 0 saturated carbocycles. The molecule has 3 heteroatoms. The second-order valence-electron chi connectivity index (χ2n) is 5.61. The second-order valence-corrected chi connectivity index (χ2v) is 8.30. The van der Waals surface area contributed by atoms with Crippen molar-refractivity contribution in [3.8, 4) is 0 Å². The van der Waals surface area contributed by atoms with Crippen LogP contribution in [0.5, 0.6) is 0 Å². The van der Waals surface area contributed by atoms with Gasteiger partial charge in [0.2, 0.25) is 0 Å². The summed E-state index contributed by atoms with van der Waals surface area (Å²) in [7, 11) is 0. The number of aliphatic hydroxyl groups is 1. The number of benzene rings is 2. The predicted octanol–water partition coefficient (Wildman–Crippen LogP) is 3.41. The van der Waals surface area contributed by atoms with E-state index in [2.05, 4.69) is 42.5 Å². The van der Waals surface area contributed by atoms with Crippen molar-refractivity contribution in [1.82, 2.24) is 0 Å². The van der Waals surface area contributed by atoms with Crippen molar-refractivity contribution in [1.29, 1.82) is 0 Å². The van der Waals surface area contributed by atoms with Crippen LogP contribution in [-0.4, -0.2) is 26.7 Å². The standard InChI is InChI=1S/C19H22O2Se/c1-2-16(20)15-10-6-7-11-17(15)22-18-12-13-21-19(18)14-8-4-3-5-9-14/h3-11,16,18-20H,2,12-13H2,1H3/t16-,18-,19-/m0/s1. The monoisotopic (exact) mass is 362 g/mol. The summed E-state index contributed by atoms with van der Waals surface area (Å²) in [5.74, 6) is 0. The minimum absolute atomic E-state index is 0.202. The van der Waals surface area contributed by atoms with E-state index in [1.54, 1.807) is 0 Å². The summed E-state index contributed by atoms with van der Waals surface area (Å²) in [5, 5.41) is 10.2. The molecule has 3 rings (SSSR count). The first-order chi connectivity index (χ1) is 10.8. The van der Waals surface area contributed by atoms with Crippen molar-refractivity contribution in [3.05, 3.63) is 65.7 Å². The number of rotatable bonds is 5. The van der Waals surface area contributed by atoms with E-state index < -0.39 is 0 Å². The average Bonchev–Trinajstić information content (AvgIpc) is 3.03. The molecule has 2 aromatic carbocycles. The SMILES string of the molecule is CC[C@H](O)c1ccccc1[Se][C@H]1CCO[C@H]1c1ccccc1. The van der Waals surface area contributed by atoms with Crippen LogP contribution in [0.25, 0.3) is 0 Å². The Morgan fingerprint density at radius 2 is 1.86 bits per heavy atom. The van der Waals surface area contributed by atoms with Crippen LogP contribution in [0.3, 0.4) is 0 Å². The fourth-order valence-electron chi connectivity index (χ4n) is 2.89. The molecule has 0 aliphatic carbocycles. The van der Waals surface area contributed by atoms with Gasteiger partial charge in [0.1, 0.15) is 0 Å². The van der Waals surface area contributed by atoms with Crippen molar-refractivity contribution in [3.63, 3.8) is 0 Å². The van der Waals surface area contributed by atoms with Crippen LogP contribution in [0.15, 0.2) is 54.6 Å². The fourth-order valence-corrected chi connectivity index (χ4v) is 5.82. The zero-order valence-electron chi connectivity index (χ0n) is 12.8. The molecule has 0 unspecified atom stereocenters. The molecule has 0 amide bonds. The Kier molecular flexibility index (Phi) is 5.32. The Labute approximate surface area is 138 Å². The van der Waals surface area contributed by atoms with Crippen LogP contribution in [0.1, 0.15) is 43.1 Å². The van der Waals surface area contributed by atoms with Gasteiger partial charge in [-0.15, -0.1) is 0 Å². The first-order valence-electron chi connectivity index (χ1n) is 7.89. The van der Waals surface area contributed by atoms with Gasteiger partial charge in [-0.25, -0.2) is 0 Å². The van der Waals surface area contributed by atoms with Crippen molar-refractivity contribution >= 4 is 19.4 Å². The van der Waals surface area contributed by atoms with Gasteiger partial charge in [0.05, 0.1) is 0 Å². The molecular formula is C19H22O2Se. The number of aliphatic hydroxyl groups excluding tert-OH is 1. The van der Waals surface area contributed by atoms with Crippen molar-refractivity contribution < 1.29 is 9.84 Å². The van der Waals surface area contributed by atoms with Gasteiger partial charge in [0, 0.05) is 0 Å². The Hall–Kier alpha value is -1.12. The maximum atomic E-state index is 10.2. The summed E-state index contributed by atoms with van der Waals surface area (Å²) >= 11 is 0.309. The molecule has 1 aliphatic heterocycles.